The molecule has 3 N–H and O–H groups in total. The van der Waals surface area contributed by atoms with E-state index in [1.807, 2.05) is 0 Å². The molecule has 1 unspecified atom stereocenters. The van der Waals surface area contributed by atoms with Gasteiger partial charge in [0, 0.05) is 23.2 Å². The molecular formula is C12H17BrN2O4S. The SMILES string of the molecule is Cc1cc(Br)c(N)cc1S(=O)(=O)N1CCOC(CO)C1. The summed E-state index contributed by atoms with van der Waals surface area (Å²) < 4.78 is 32.6. The molecule has 0 radical (unpaired) electrons. The Balaban J connectivity index is 2.37. The van der Waals surface area contributed by atoms with Crippen LogP contribution in [0.15, 0.2) is 21.5 Å². The lowest BCUT2D eigenvalue weighted by Crippen LogP contribution is -2.46. The number of aryl methyl sites for hydroxylation is 1. The first-order valence-electron chi connectivity index (χ1n) is 6.14. The highest BCUT2D eigenvalue weighted by molar-refractivity contribution is 9.10. The molecule has 1 aromatic carbocycles. The third kappa shape index (κ3) is 2.99. The molecule has 0 amide bonds. The van der Waals surface area contributed by atoms with Crippen LogP contribution in [-0.4, -0.2) is 50.2 Å². The van der Waals surface area contributed by atoms with Crippen LogP contribution in [0.2, 0.25) is 0 Å². The Morgan fingerprint density at radius 1 is 1.55 bits per heavy atom. The van der Waals surface area contributed by atoms with Crippen LogP contribution in [-0.2, 0) is 14.8 Å². The van der Waals surface area contributed by atoms with E-state index in [-0.39, 0.29) is 31.2 Å². The Bertz CT molecular complexity index is 606. The maximum absolute atomic E-state index is 12.7. The second-order valence-electron chi connectivity index (χ2n) is 4.68. The van der Waals surface area contributed by atoms with Crippen molar-refractivity contribution in [1.82, 2.24) is 4.31 Å². The predicted molar refractivity (Wildman–Crippen MR) is 78.9 cm³/mol. The third-order valence-electron chi connectivity index (χ3n) is 3.22. The fourth-order valence-electron chi connectivity index (χ4n) is 2.11. The lowest BCUT2D eigenvalue weighted by Gasteiger charge is -2.31. The average Bonchev–Trinajstić information content (AvgIpc) is 2.42. The Morgan fingerprint density at radius 3 is 2.90 bits per heavy atom. The summed E-state index contributed by atoms with van der Waals surface area (Å²) in [6.07, 6.45) is -0.480. The summed E-state index contributed by atoms with van der Waals surface area (Å²) in [7, 11) is -3.63. The molecule has 20 heavy (non-hydrogen) atoms. The molecule has 6 nitrogen and oxygen atoms in total. The Morgan fingerprint density at radius 2 is 2.25 bits per heavy atom. The van der Waals surface area contributed by atoms with Crippen molar-refractivity contribution in [2.45, 2.75) is 17.9 Å². The lowest BCUT2D eigenvalue weighted by molar-refractivity contribution is -0.0304. The molecule has 1 aliphatic heterocycles. The molecule has 0 bridgehead atoms. The maximum atomic E-state index is 12.7. The van der Waals surface area contributed by atoms with E-state index in [2.05, 4.69) is 15.9 Å². The number of nitrogen functional groups attached to an aromatic ring is 1. The Kier molecular flexibility index (Phi) is 4.70. The number of nitrogens with zero attached hydrogens (tertiary/aromatic N) is 1. The van der Waals surface area contributed by atoms with E-state index in [9.17, 15) is 8.42 Å². The monoisotopic (exact) mass is 364 g/mol. The van der Waals surface area contributed by atoms with Gasteiger partial charge in [-0.2, -0.15) is 4.31 Å². The van der Waals surface area contributed by atoms with Gasteiger partial charge in [0.2, 0.25) is 10.0 Å². The Labute approximate surface area is 126 Å². The van der Waals surface area contributed by atoms with E-state index in [4.69, 9.17) is 15.6 Å². The molecular weight excluding hydrogens is 348 g/mol. The van der Waals surface area contributed by atoms with E-state index in [1.54, 1.807) is 13.0 Å². The van der Waals surface area contributed by atoms with Gasteiger partial charge in [0.1, 0.15) is 0 Å². The molecule has 112 valence electrons. The fourth-order valence-corrected chi connectivity index (χ4v) is 4.26. The lowest BCUT2D eigenvalue weighted by atomic mass is 10.2. The van der Waals surface area contributed by atoms with E-state index >= 15 is 0 Å². The topological polar surface area (TPSA) is 92.9 Å². The van der Waals surface area contributed by atoms with Gasteiger partial charge in [0.25, 0.3) is 0 Å². The number of nitrogens with two attached hydrogens (primary N) is 1. The van der Waals surface area contributed by atoms with Crippen molar-refractivity contribution in [3.63, 3.8) is 0 Å². The van der Waals surface area contributed by atoms with Crippen molar-refractivity contribution in [2.75, 3.05) is 32.0 Å². The van der Waals surface area contributed by atoms with Crippen molar-refractivity contribution in [1.29, 1.82) is 0 Å². The van der Waals surface area contributed by atoms with E-state index in [0.717, 1.165) is 0 Å². The normalized spacial score (nSPS) is 21.1. The molecule has 1 heterocycles. The van der Waals surface area contributed by atoms with Crippen LogP contribution in [0, 0.1) is 6.92 Å². The number of aliphatic hydroxyl groups excluding tert-OH is 1. The summed E-state index contributed by atoms with van der Waals surface area (Å²) in [6.45, 7) is 2.21. The average molecular weight is 365 g/mol. The van der Waals surface area contributed by atoms with Gasteiger partial charge in [0.05, 0.1) is 24.2 Å². The summed E-state index contributed by atoms with van der Waals surface area (Å²) in [4.78, 5) is 0.191. The number of ether oxygens (including phenoxy) is 1. The van der Waals surface area contributed by atoms with Gasteiger partial charge in [-0.15, -0.1) is 0 Å². The van der Waals surface area contributed by atoms with Gasteiger partial charge < -0.3 is 15.6 Å². The molecule has 0 aromatic heterocycles. The van der Waals surface area contributed by atoms with E-state index in [0.29, 0.717) is 15.7 Å². The first-order valence-corrected chi connectivity index (χ1v) is 8.38. The van der Waals surface area contributed by atoms with Crippen LogP contribution in [0.25, 0.3) is 0 Å². The molecule has 0 spiro atoms. The molecule has 2 rings (SSSR count). The smallest absolute Gasteiger partial charge is 0.243 e. The van der Waals surface area contributed by atoms with E-state index < -0.39 is 16.1 Å². The van der Waals surface area contributed by atoms with Crippen LogP contribution in [0.1, 0.15) is 5.56 Å². The number of rotatable bonds is 3. The van der Waals surface area contributed by atoms with Crippen LogP contribution in [0.4, 0.5) is 5.69 Å². The number of hydrogen-bond acceptors (Lipinski definition) is 5. The van der Waals surface area contributed by atoms with Gasteiger partial charge >= 0.3 is 0 Å². The zero-order valence-corrected chi connectivity index (χ0v) is 13.4. The zero-order chi connectivity index (χ0) is 14.9. The second-order valence-corrected chi connectivity index (χ2v) is 7.44. The summed E-state index contributed by atoms with van der Waals surface area (Å²) in [5.74, 6) is 0. The van der Waals surface area contributed by atoms with Crippen LogP contribution < -0.4 is 5.73 Å². The number of sulfonamides is 1. The van der Waals surface area contributed by atoms with E-state index in [1.165, 1.54) is 10.4 Å². The molecule has 1 fully saturated rings. The number of halogens is 1. The van der Waals surface area contributed by atoms with Gasteiger partial charge in [-0.1, -0.05) is 0 Å². The molecule has 1 atom stereocenters. The highest BCUT2D eigenvalue weighted by Crippen LogP contribution is 2.29. The van der Waals surface area contributed by atoms with Gasteiger partial charge in [0.15, 0.2) is 0 Å². The largest absolute Gasteiger partial charge is 0.398 e. The fraction of sp³-hybridized carbons (Fsp3) is 0.500. The summed E-state index contributed by atoms with van der Waals surface area (Å²) in [5.41, 5.74) is 6.77. The second kappa shape index (κ2) is 5.98. The summed E-state index contributed by atoms with van der Waals surface area (Å²) in [6, 6.07) is 3.14. The number of hydrogen-bond donors (Lipinski definition) is 2. The van der Waals surface area contributed by atoms with Crippen LogP contribution in [0.5, 0.6) is 0 Å². The molecule has 1 aliphatic rings. The number of benzene rings is 1. The highest BCUT2D eigenvalue weighted by atomic mass is 79.9. The Hall–Kier alpha value is -0.670. The molecule has 1 saturated heterocycles. The summed E-state index contributed by atoms with van der Waals surface area (Å²) >= 11 is 3.28. The minimum atomic E-state index is -3.63. The number of aliphatic hydroxyl groups is 1. The van der Waals surface area contributed by atoms with Crippen molar-refractivity contribution >= 4 is 31.6 Å². The van der Waals surface area contributed by atoms with Crippen molar-refractivity contribution < 1.29 is 18.3 Å². The molecule has 8 heteroatoms. The third-order valence-corrected chi connectivity index (χ3v) is 5.91. The van der Waals surface area contributed by atoms with Crippen LogP contribution >= 0.6 is 15.9 Å². The van der Waals surface area contributed by atoms with Gasteiger partial charge in [-0.25, -0.2) is 8.42 Å². The number of anilines is 1. The predicted octanol–water partition coefficient (Wildman–Crippen LogP) is 0.722. The van der Waals surface area contributed by atoms with Crippen molar-refractivity contribution in [3.05, 3.63) is 22.2 Å². The quantitative estimate of drug-likeness (QED) is 0.770. The maximum Gasteiger partial charge on any atom is 0.243 e. The first kappa shape index (κ1) is 15.7. The van der Waals surface area contributed by atoms with Gasteiger partial charge in [-0.05, 0) is 40.5 Å². The minimum absolute atomic E-state index is 0.147. The van der Waals surface area contributed by atoms with Gasteiger partial charge in [-0.3, -0.25) is 0 Å². The van der Waals surface area contributed by atoms with Crippen molar-refractivity contribution in [2.24, 2.45) is 0 Å². The molecule has 0 saturated carbocycles. The standard InChI is InChI=1S/C12H17BrN2O4S/c1-8-4-10(13)11(14)5-12(8)20(17,18)15-2-3-19-9(6-15)7-16/h4-5,9,16H,2-3,6-7,14H2,1H3. The number of morpholine rings is 1. The van der Waals surface area contributed by atoms with Crippen molar-refractivity contribution in [3.8, 4) is 0 Å². The first-order chi connectivity index (χ1) is 9.36. The van der Waals surface area contributed by atoms with Crippen LogP contribution in [0.3, 0.4) is 0 Å². The minimum Gasteiger partial charge on any atom is -0.398 e. The molecule has 0 aliphatic carbocycles. The zero-order valence-electron chi connectivity index (χ0n) is 11.0. The highest BCUT2D eigenvalue weighted by Gasteiger charge is 2.31. The molecule has 1 aromatic rings. The summed E-state index contributed by atoms with van der Waals surface area (Å²) in [5, 5.41) is 9.11.